The second kappa shape index (κ2) is 8.25. The lowest BCUT2D eigenvalue weighted by atomic mass is 10.1. The summed E-state index contributed by atoms with van der Waals surface area (Å²) in [4.78, 5) is 32.7. The number of fused-ring (bicyclic) bond motifs is 1. The predicted octanol–water partition coefficient (Wildman–Crippen LogP) is 4.85. The monoisotopic (exact) mass is 429 g/mol. The molecule has 2 aromatic heterocycles. The summed E-state index contributed by atoms with van der Waals surface area (Å²) in [5, 5.41) is 9.73. The third-order valence-electron chi connectivity index (χ3n) is 5.11. The van der Waals surface area contributed by atoms with Crippen LogP contribution in [-0.2, 0) is 4.74 Å². The fourth-order valence-electron chi connectivity index (χ4n) is 3.52. The van der Waals surface area contributed by atoms with Crippen molar-refractivity contribution in [3.8, 4) is 6.07 Å². The van der Waals surface area contributed by atoms with Gasteiger partial charge in [-0.25, -0.2) is 9.78 Å². The molecule has 0 aliphatic carbocycles. The van der Waals surface area contributed by atoms with Crippen LogP contribution in [0.5, 0.6) is 0 Å². The summed E-state index contributed by atoms with van der Waals surface area (Å²) in [6.45, 7) is 5.55. The van der Waals surface area contributed by atoms with Crippen molar-refractivity contribution in [1.29, 1.82) is 5.26 Å². The summed E-state index contributed by atoms with van der Waals surface area (Å²) in [5.41, 5.74) is 5.27. The van der Waals surface area contributed by atoms with Gasteiger partial charge in [0.25, 0.3) is 0 Å². The molecule has 3 aromatic rings. The molecule has 154 valence electrons. The van der Waals surface area contributed by atoms with Gasteiger partial charge in [0.2, 0.25) is 0 Å². The van der Waals surface area contributed by atoms with Crippen molar-refractivity contribution in [3.05, 3.63) is 81.3 Å². The number of esters is 1. The van der Waals surface area contributed by atoms with E-state index >= 15 is 0 Å². The summed E-state index contributed by atoms with van der Waals surface area (Å²) in [6.07, 6.45) is 1.77. The number of Topliss-reactive ketones (excluding diaryl/α,β-unsaturated/α-hetero) is 1. The molecule has 0 saturated heterocycles. The second-order valence-electron chi connectivity index (χ2n) is 7.24. The molecule has 0 bridgehead atoms. The van der Waals surface area contributed by atoms with Crippen molar-refractivity contribution < 1.29 is 14.3 Å². The van der Waals surface area contributed by atoms with Crippen molar-refractivity contribution in [3.63, 3.8) is 0 Å². The lowest BCUT2D eigenvalue weighted by Crippen LogP contribution is -2.05. The number of benzene rings is 1. The van der Waals surface area contributed by atoms with Crippen LogP contribution < -0.4 is 0 Å². The number of hydrogen-bond donors (Lipinski definition) is 1. The van der Waals surface area contributed by atoms with E-state index in [1.807, 2.05) is 39.0 Å². The Morgan fingerprint density at radius 2 is 2.00 bits per heavy atom. The van der Waals surface area contributed by atoms with Gasteiger partial charge in [0.05, 0.1) is 5.75 Å². The fourth-order valence-corrected chi connectivity index (χ4v) is 4.50. The van der Waals surface area contributed by atoms with Crippen LogP contribution in [0.4, 0.5) is 0 Å². The molecule has 4 rings (SSSR count). The average molecular weight is 430 g/mol. The van der Waals surface area contributed by atoms with E-state index < -0.39 is 5.97 Å². The van der Waals surface area contributed by atoms with Gasteiger partial charge in [-0.15, -0.1) is 0 Å². The number of cyclic esters (lactones) is 1. The number of H-pyrrole nitrogens is 1. The lowest BCUT2D eigenvalue weighted by Gasteiger charge is -2.06. The van der Waals surface area contributed by atoms with Crippen LogP contribution >= 0.6 is 11.8 Å². The molecule has 31 heavy (non-hydrogen) atoms. The highest BCUT2D eigenvalue weighted by atomic mass is 32.2. The Morgan fingerprint density at radius 3 is 2.68 bits per heavy atom. The minimum absolute atomic E-state index is 0.0348. The number of nitriles is 1. The fraction of sp³-hybridized carbons (Fsp3) is 0.167. The first-order valence-electron chi connectivity index (χ1n) is 9.65. The van der Waals surface area contributed by atoms with Gasteiger partial charge in [-0.1, -0.05) is 42.1 Å². The van der Waals surface area contributed by atoms with E-state index in [9.17, 15) is 14.9 Å². The van der Waals surface area contributed by atoms with Gasteiger partial charge in [0.15, 0.2) is 5.78 Å². The molecule has 1 aliphatic heterocycles. The lowest BCUT2D eigenvalue weighted by molar-refractivity contribution is 0.0713. The van der Waals surface area contributed by atoms with Gasteiger partial charge < -0.3 is 9.72 Å². The molecule has 6 nitrogen and oxygen atoms in total. The molecule has 1 N–H and O–H groups in total. The Balaban J connectivity index is 1.69. The predicted molar refractivity (Wildman–Crippen MR) is 119 cm³/mol. The Labute approximate surface area is 184 Å². The van der Waals surface area contributed by atoms with Crippen molar-refractivity contribution in [2.24, 2.45) is 0 Å². The van der Waals surface area contributed by atoms with E-state index in [0.29, 0.717) is 33.2 Å². The Kier molecular flexibility index (Phi) is 5.49. The Morgan fingerprint density at radius 1 is 1.26 bits per heavy atom. The first-order chi connectivity index (χ1) is 14.9. The topological polar surface area (TPSA) is 95.8 Å². The number of rotatable bonds is 5. The van der Waals surface area contributed by atoms with Gasteiger partial charge in [-0.3, -0.25) is 4.79 Å². The molecule has 0 atom stereocenters. The first-order valence-corrected chi connectivity index (χ1v) is 10.6. The molecule has 0 saturated carbocycles. The maximum Gasteiger partial charge on any atom is 0.347 e. The van der Waals surface area contributed by atoms with Crippen molar-refractivity contribution in [2.45, 2.75) is 25.8 Å². The molecule has 0 spiro atoms. The molecule has 1 aromatic carbocycles. The number of ketones is 1. The molecule has 1 aliphatic rings. The minimum Gasteiger partial charge on any atom is -0.422 e. The number of ether oxygens (including phenoxy) is 1. The van der Waals surface area contributed by atoms with E-state index in [1.54, 1.807) is 24.3 Å². The summed E-state index contributed by atoms with van der Waals surface area (Å²) < 4.78 is 5.56. The van der Waals surface area contributed by atoms with E-state index in [1.165, 1.54) is 11.8 Å². The Bertz CT molecular complexity index is 1280. The summed E-state index contributed by atoms with van der Waals surface area (Å²) in [5.74, 6) is 0.0550. The number of thioether (sulfide) groups is 1. The maximum absolute atomic E-state index is 12.7. The van der Waals surface area contributed by atoms with Crippen LogP contribution in [0.2, 0.25) is 0 Å². The quantitative estimate of drug-likeness (QED) is 0.354. The van der Waals surface area contributed by atoms with Crippen LogP contribution in [0.15, 0.2) is 41.4 Å². The normalized spacial score (nSPS) is 13.7. The third kappa shape index (κ3) is 3.90. The molecule has 0 unspecified atom stereocenters. The van der Waals surface area contributed by atoms with E-state index in [2.05, 4.69) is 16.0 Å². The SMILES string of the molecule is Cc1cc2c(c(SCC(=O)c3ccccc3)n1)C(=O)O/C2=C\c1c(C)[nH]c(C#N)c1C. The van der Waals surface area contributed by atoms with Gasteiger partial charge in [0.1, 0.15) is 28.1 Å². The van der Waals surface area contributed by atoms with Crippen molar-refractivity contribution in [1.82, 2.24) is 9.97 Å². The number of carbonyl (C=O) groups excluding carboxylic acids is 2. The molecule has 7 heteroatoms. The smallest absolute Gasteiger partial charge is 0.347 e. The molecule has 0 radical (unpaired) electrons. The zero-order valence-electron chi connectivity index (χ0n) is 17.3. The van der Waals surface area contributed by atoms with Crippen molar-refractivity contribution in [2.75, 3.05) is 5.75 Å². The highest BCUT2D eigenvalue weighted by Gasteiger charge is 2.32. The van der Waals surface area contributed by atoms with Gasteiger partial charge in [-0.2, -0.15) is 5.26 Å². The highest BCUT2D eigenvalue weighted by molar-refractivity contribution is 8.00. The number of aromatic nitrogens is 2. The van der Waals surface area contributed by atoms with Gasteiger partial charge in [0, 0.05) is 28.1 Å². The van der Waals surface area contributed by atoms with E-state index in [4.69, 9.17) is 4.74 Å². The number of aryl methyl sites for hydroxylation is 2. The first kappa shape index (κ1) is 20.6. The van der Waals surface area contributed by atoms with Crippen LogP contribution in [0.3, 0.4) is 0 Å². The van der Waals surface area contributed by atoms with Crippen LogP contribution in [0.1, 0.15) is 54.5 Å². The number of hydrogen-bond acceptors (Lipinski definition) is 6. The standard InChI is InChI=1S/C24H19N3O3S/c1-13-9-18-21(10-17-14(2)19(11-25)27-15(17)3)30-24(29)22(18)23(26-13)31-12-20(28)16-7-5-4-6-8-16/h4-10,27H,12H2,1-3H3/b21-10-. The van der Waals surface area contributed by atoms with E-state index in [0.717, 1.165) is 22.5 Å². The number of nitrogens with zero attached hydrogens (tertiary/aromatic N) is 2. The average Bonchev–Trinajstić information content (AvgIpc) is 3.22. The highest BCUT2D eigenvalue weighted by Crippen LogP contribution is 2.38. The van der Waals surface area contributed by atoms with E-state index in [-0.39, 0.29) is 11.5 Å². The number of nitrogens with one attached hydrogen (secondary N) is 1. The van der Waals surface area contributed by atoms with Crippen LogP contribution in [-0.4, -0.2) is 27.5 Å². The molecule has 0 amide bonds. The second-order valence-corrected chi connectivity index (χ2v) is 8.21. The number of pyridine rings is 1. The third-order valence-corrected chi connectivity index (χ3v) is 6.08. The van der Waals surface area contributed by atoms with Crippen molar-refractivity contribution >= 4 is 35.3 Å². The molecule has 3 heterocycles. The zero-order valence-corrected chi connectivity index (χ0v) is 18.1. The molecular weight excluding hydrogens is 410 g/mol. The van der Waals surface area contributed by atoms with Crippen LogP contribution in [0, 0.1) is 32.1 Å². The Hall–Kier alpha value is -3.63. The van der Waals surface area contributed by atoms with Gasteiger partial charge in [-0.05, 0) is 38.5 Å². The molecular formula is C24H19N3O3S. The summed E-state index contributed by atoms with van der Waals surface area (Å²) >= 11 is 1.23. The van der Waals surface area contributed by atoms with Gasteiger partial charge >= 0.3 is 5.97 Å². The number of aromatic amines is 1. The maximum atomic E-state index is 12.7. The van der Waals surface area contributed by atoms with Crippen LogP contribution in [0.25, 0.3) is 11.8 Å². The minimum atomic E-state index is -0.491. The number of carbonyl (C=O) groups is 2. The molecule has 0 fully saturated rings. The largest absolute Gasteiger partial charge is 0.422 e. The summed E-state index contributed by atoms with van der Waals surface area (Å²) in [7, 11) is 0. The summed E-state index contributed by atoms with van der Waals surface area (Å²) in [6, 6.07) is 13.0. The zero-order chi connectivity index (χ0) is 22.1.